The summed E-state index contributed by atoms with van der Waals surface area (Å²) in [6, 6.07) is 21.3. The van der Waals surface area contributed by atoms with Crippen LogP contribution in [0.25, 0.3) is 11.3 Å². The van der Waals surface area contributed by atoms with Gasteiger partial charge in [0, 0.05) is 74.4 Å². The SMILES string of the molecule is Cc1c(C(=O)N(c2ccc(O[Si](C)(C)C(C)(C)C)cc2)c2cnn(C)c2CCO)cc(-c2cc(Cl)ccc2CN2CCc3c(O)cccc3C2)n1C. The number of phenolic OH excluding ortho intramolecular Hbond substituents is 1. The normalized spacial score (nSPS) is 13.7. The van der Waals surface area contributed by atoms with E-state index in [9.17, 15) is 15.0 Å². The molecule has 0 bridgehead atoms. The van der Waals surface area contributed by atoms with Crippen LogP contribution >= 0.6 is 11.6 Å². The van der Waals surface area contributed by atoms with E-state index in [0.717, 1.165) is 64.6 Å². The monoisotopic (exact) mass is 739 g/mol. The molecule has 0 unspecified atom stereocenters. The van der Waals surface area contributed by atoms with Gasteiger partial charge in [0.05, 0.1) is 23.1 Å². The van der Waals surface area contributed by atoms with E-state index in [-0.39, 0.29) is 17.6 Å². The molecule has 0 atom stereocenters. The van der Waals surface area contributed by atoms with Crippen LogP contribution in [0.3, 0.4) is 0 Å². The summed E-state index contributed by atoms with van der Waals surface area (Å²) in [5.41, 5.74) is 8.49. The first kappa shape index (κ1) is 37.4. The third kappa shape index (κ3) is 7.30. The van der Waals surface area contributed by atoms with Crippen molar-refractivity contribution in [2.75, 3.05) is 18.1 Å². The van der Waals surface area contributed by atoms with Crippen molar-refractivity contribution in [3.63, 3.8) is 0 Å². The molecule has 5 aromatic rings. The fraction of sp³-hybridized carbons (Fsp3) is 0.366. The number of aromatic nitrogens is 3. The minimum atomic E-state index is -2.08. The number of hydrogen-bond acceptors (Lipinski definition) is 6. The molecule has 52 heavy (non-hydrogen) atoms. The van der Waals surface area contributed by atoms with E-state index in [0.29, 0.717) is 40.7 Å². The molecule has 11 heteroatoms. The maximum Gasteiger partial charge on any atom is 0.264 e. The first-order valence-electron chi connectivity index (χ1n) is 17.8. The Hall–Kier alpha value is -4.35. The zero-order valence-corrected chi connectivity index (χ0v) is 33.3. The number of carbonyl (C=O) groups excluding carboxylic acids is 1. The highest BCUT2D eigenvalue weighted by molar-refractivity contribution is 6.74. The van der Waals surface area contributed by atoms with Crippen LogP contribution in [0, 0.1) is 6.92 Å². The van der Waals surface area contributed by atoms with E-state index in [1.165, 1.54) is 0 Å². The molecule has 0 saturated carbocycles. The van der Waals surface area contributed by atoms with Crippen LogP contribution in [-0.2, 0) is 40.0 Å². The number of aliphatic hydroxyl groups is 1. The summed E-state index contributed by atoms with van der Waals surface area (Å²) in [6.07, 6.45) is 2.81. The molecule has 2 aromatic heterocycles. The van der Waals surface area contributed by atoms with Gasteiger partial charge in [0.1, 0.15) is 11.5 Å². The smallest absolute Gasteiger partial charge is 0.264 e. The molecule has 1 amide bonds. The number of aromatic hydroxyl groups is 1. The van der Waals surface area contributed by atoms with Gasteiger partial charge in [-0.2, -0.15) is 5.10 Å². The standard InChI is InChI=1S/C41H50ClN5O4Si/c1-27-34(23-37(44(27)5)35-22-30(42)13-12-29(35)26-46-20-18-33-28(25-46)10-9-11-39(33)49)40(50)47(38-24-43-45(6)36(38)19-21-48)31-14-16-32(17-15-31)51-52(7,8)41(2,3)4/h9-17,22-24,48-49H,18-21,25-26H2,1-8H3. The number of amides is 1. The molecule has 0 fully saturated rings. The van der Waals surface area contributed by atoms with Crippen LogP contribution < -0.4 is 9.33 Å². The molecule has 2 N–H and O–H groups in total. The first-order valence-corrected chi connectivity index (χ1v) is 21.1. The summed E-state index contributed by atoms with van der Waals surface area (Å²) in [5.74, 6) is 0.922. The number of fused-ring (bicyclic) bond motifs is 1. The summed E-state index contributed by atoms with van der Waals surface area (Å²) in [7, 11) is 1.72. The van der Waals surface area contributed by atoms with Gasteiger partial charge < -0.3 is 19.2 Å². The van der Waals surface area contributed by atoms with Crippen molar-refractivity contribution in [1.82, 2.24) is 19.2 Å². The average Bonchev–Trinajstić information content (AvgIpc) is 3.59. The fourth-order valence-electron chi connectivity index (χ4n) is 6.75. The fourth-order valence-corrected chi connectivity index (χ4v) is 7.96. The van der Waals surface area contributed by atoms with Crippen LogP contribution in [0.2, 0.25) is 23.2 Å². The van der Waals surface area contributed by atoms with Crippen LogP contribution in [0.1, 0.15) is 59.2 Å². The van der Waals surface area contributed by atoms with Gasteiger partial charge in [-0.25, -0.2) is 0 Å². The third-order valence-corrected chi connectivity index (χ3v) is 15.5. The highest BCUT2D eigenvalue weighted by Gasteiger charge is 2.39. The van der Waals surface area contributed by atoms with Gasteiger partial charge in [-0.05, 0) is 96.7 Å². The van der Waals surface area contributed by atoms with Gasteiger partial charge >= 0.3 is 0 Å². The Balaban J connectivity index is 1.37. The third-order valence-electron chi connectivity index (χ3n) is 10.9. The zero-order chi connectivity index (χ0) is 37.5. The number of anilines is 2. The lowest BCUT2D eigenvalue weighted by molar-refractivity contribution is 0.0998. The maximum absolute atomic E-state index is 14.9. The van der Waals surface area contributed by atoms with Crippen LogP contribution in [0.5, 0.6) is 11.5 Å². The molecule has 6 rings (SSSR count). The van der Waals surface area contributed by atoms with Crippen LogP contribution in [0.15, 0.2) is 72.9 Å². The van der Waals surface area contributed by atoms with Crippen molar-refractivity contribution >= 4 is 37.2 Å². The lowest BCUT2D eigenvalue weighted by atomic mass is 9.97. The molecule has 9 nitrogen and oxygen atoms in total. The summed E-state index contributed by atoms with van der Waals surface area (Å²) in [4.78, 5) is 19.0. The minimum Gasteiger partial charge on any atom is -0.544 e. The molecule has 0 aliphatic carbocycles. The molecule has 3 aromatic carbocycles. The number of aliphatic hydroxyl groups excluding tert-OH is 1. The second-order valence-electron chi connectivity index (χ2n) is 15.3. The molecular weight excluding hydrogens is 690 g/mol. The molecule has 1 aliphatic rings. The van der Waals surface area contributed by atoms with E-state index in [2.05, 4.69) is 60.6 Å². The molecule has 274 valence electrons. The van der Waals surface area contributed by atoms with Gasteiger partial charge in [0.2, 0.25) is 8.32 Å². The molecule has 0 saturated heterocycles. The van der Waals surface area contributed by atoms with Crippen molar-refractivity contribution in [1.29, 1.82) is 0 Å². The van der Waals surface area contributed by atoms with Crippen molar-refractivity contribution in [2.24, 2.45) is 14.1 Å². The first-order chi connectivity index (χ1) is 24.6. The number of rotatable bonds is 10. The molecule has 1 aliphatic heterocycles. The number of aryl methyl sites for hydroxylation is 1. The maximum atomic E-state index is 14.9. The number of hydrogen-bond donors (Lipinski definition) is 2. The molecule has 0 spiro atoms. The van der Waals surface area contributed by atoms with Crippen molar-refractivity contribution in [3.8, 4) is 22.8 Å². The lowest BCUT2D eigenvalue weighted by Crippen LogP contribution is -2.43. The summed E-state index contributed by atoms with van der Waals surface area (Å²) in [5, 5.41) is 25.5. The zero-order valence-electron chi connectivity index (χ0n) is 31.5. The Morgan fingerprint density at radius 1 is 1.06 bits per heavy atom. The second kappa shape index (κ2) is 14.6. The van der Waals surface area contributed by atoms with Crippen LogP contribution in [0.4, 0.5) is 11.4 Å². The minimum absolute atomic E-state index is 0.0388. The van der Waals surface area contributed by atoms with E-state index in [4.69, 9.17) is 16.0 Å². The van der Waals surface area contributed by atoms with Crippen molar-refractivity contribution in [3.05, 3.63) is 112 Å². The Morgan fingerprint density at radius 3 is 2.48 bits per heavy atom. The number of carbonyl (C=O) groups is 1. The number of nitrogens with zero attached hydrogens (tertiary/aromatic N) is 5. The number of halogens is 1. The van der Waals surface area contributed by atoms with Gasteiger partial charge in [0.15, 0.2) is 0 Å². The highest BCUT2D eigenvalue weighted by atomic mass is 35.5. The van der Waals surface area contributed by atoms with E-state index < -0.39 is 8.32 Å². The van der Waals surface area contributed by atoms with Gasteiger partial charge in [-0.3, -0.25) is 19.3 Å². The summed E-state index contributed by atoms with van der Waals surface area (Å²) >= 11 is 6.63. The van der Waals surface area contributed by atoms with Gasteiger partial charge in [-0.15, -0.1) is 0 Å². The van der Waals surface area contributed by atoms with Gasteiger partial charge in [0.25, 0.3) is 5.91 Å². The van der Waals surface area contributed by atoms with Gasteiger partial charge in [-0.1, -0.05) is 50.6 Å². The average molecular weight is 740 g/mol. The van der Waals surface area contributed by atoms with E-state index in [1.54, 1.807) is 21.8 Å². The van der Waals surface area contributed by atoms with E-state index >= 15 is 0 Å². The highest BCUT2D eigenvalue weighted by Crippen LogP contribution is 2.40. The van der Waals surface area contributed by atoms with Crippen molar-refractivity contribution < 1.29 is 19.4 Å². The summed E-state index contributed by atoms with van der Waals surface area (Å²) in [6.45, 7) is 15.2. The predicted octanol–water partition coefficient (Wildman–Crippen LogP) is 8.55. The molecule has 3 heterocycles. The van der Waals surface area contributed by atoms with E-state index in [1.807, 2.05) is 69.6 Å². The van der Waals surface area contributed by atoms with Crippen molar-refractivity contribution in [2.45, 2.75) is 71.8 Å². The topological polar surface area (TPSA) is 96.0 Å². The Kier molecular flexibility index (Phi) is 10.5. The second-order valence-corrected chi connectivity index (χ2v) is 20.5. The molecule has 0 radical (unpaired) electrons. The quantitative estimate of drug-likeness (QED) is 0.140. The Bertz CT molecular complexity index is 2100. The predicted molar refractivity (Wildman–Crippen MR) is 211 cm³/mol. The molecular formula is C41H50ClN5O4Si. The summed E-state index contributed by atoms with van der Waals surface area (Å²) < 4.78 is 10.3. The largest absolute Gasteiger partial charge is 0.544 e. The Morgan fingerprint density at radius 2 is 1.79 bits per heavy atom. The number of phenols is 1. The Labute approximate surface area is 313 Å². The van der Waals surface area contributed by atoms with Crippen LogP contribution in [-0.4, -0.2) is 56.8 Å². The number of benzene rings is 3. The lowest BCUT2D eigenvalue weighted by Gasteiger charge is -2.36.